The zero-order chi connectivity index (χ0) is 34.5. The lowest BCUT2D eigenvalue weighted by atomic mass is 9.97. The van der Waals surface area contributed by atoms with E-state index in [2.05, 4.69) is 5.32 Å². The Morgan fingerprint density at radius 3 is 2.31 bits per heavy atom. The molecule has 0 radical (unpaired) electrons. The second-order valence-corrected chi connectivity index (χ2v) is 11.0. The highest BCUT2D eigenvalue weighted by Gasteiger charge is 2.34. The third-order valence-corrected chi connectivity index (χ3v) is 8.06. The van der Waals surface area contributed by atoms with E-state index in [0.29, 0.717) is 52.9 Å². The number of hydrogen-bond donors (Lipinski definition) is 2. The van der Waals surface area contributed by atoms with Gasteiger partial charge in [-0.1, -0.05) is 30.3 Å². The number of amides is 4. The van der Waals surface area contributed by atoms with Crippen LogP contribution in [0.3, 0.4) is 0 Å². The van der Waals surface area contributed by atoms with Crippen LogP contribution in [-0.4, -0.2) is 61.3 Å². The van der Waals surface area contributed by atoms with Gasteiger partial charge in [-0.2, -0.15) is 0 Å². The predicted molar refractivity (Wildman–Crippen MR) is 180 cm³/mol. The van der Waals surface area contributed by atoms with E-state index in [1.807, 2.05) is 13.0 Å². The van der Waals surface area contributed by atoms with Crippen molar-refractivity contribution in [2.24, 2.45) is 0 Å². The molecule has 1 aliphatic heterocycles. The highest BCUT2D eigenvalue weighted by molar-refractivity contribution is 6.21. The number of carbonyl (C=O) groups is 4. The first kappa shape index (κ1) is 33.1. The number of anilines is 3. The number of aryl methyl sites for hydroxylation is 1. The maximum atomic E-state index is 14.0. The summed E-state index contributed by atoms with van der Waals surface area (Å²) in [5, 5.41) is 14.0. The van der Waals surface area contributed by atoms with Gasteiger partial charge < -0.3 is 25.4 Å². The Bertz CT molecular complexity index is 1910. The molecule has 4 amide bonds. The molecular weight excluding hydrogens is 618 g/mol. The van der Waals surface area contributed by atoms with Gasteiger partial charge in [0, 0.05) is 30.8 Å². The molecular formula is C35H33N5O8. The second-order valence-electron chi connectivity index (χ2n) is 11.0. The van der Waals surface area contributed by atoms with Gasteiger partial charge in [0.2, 0.25) is 6.41 Å². The van der Waals surface area contributed by atoms with Crippen molar-refractivity contribution in [3.8, 4) is 22.6 Å². The summed E-state index contributed by atoms with van der Waals surface area (Å²) in [5.74, 6) is -0.592. The lowest BCUT2D eigenvalue weighted by Gasteiger charge is -2.24. The van der Waals surface area contributed by atoms with Crippen molar-refractivity contribution in [3.05, 3.63) is 105 Å². The third kappa shape index (κ3) is 6.25. The number of para-hydroxylation sites is 1. The normalized spacial score (nSPS) is 12.0. The minimum Gasteiger partial charge on any atom is -0.494 e. The van der Waals surface area contributed by atoms with Crippen molar-refractivity contribution in [2.45, 2.75) is 19.8 Å². The number of nitrogen functional groups attached to an aromatic ring is 1. The van der Waals surface area contributed by atoms with Crippen LogP contribution in [-0.2, 0) is 4.79 Å². The number of unbranched alkanes of at least 4 members (excludes halogenated alkanes) is 1. The number of benzene rings is 4. The maximum Gasteiger partial charge on any atom is 0.292 e. The number of fused-ring (bicyclic) bond motifs is 1. The third-order valence-electron chi connectivity index (χ3n) is 8.06. The summed E-state index contributed by atoms with van der Waals surface area (Å²) in [5.41, 5.74) is 8.65. The summed E-state index contributed by atoms with van der Waals surface area (Å²) in [6.07, 6.45) is 1.45. The molecule has 0 atom stereocenters. The number of nitrogens with one attached hydrogen (secondary N) is 1. The zero-order valence-electron chi connectivity index (χ0n) is 26.5. The fourth-order valence-electron chi connectivity index (χ4n) is 5.63. The monoisotopic (exact) mass is 651 g/mol. The summed E-state index contributed by atoms with van der Waals surface area (Å²) >= 11 is 0. The van der Waals surface area contributed by atoms with E-state index < -0.39 is 10.8 Å². The van der Waals surface area contributed by atoms with Gasteiger partial charge in [0.15, 0.2) is 5.75 Å². The molecule has 0 saturated heterocycles. The highest BCUT2D eigenvalue weighted by atomic mass is 16.6. The van der Waals surface area contributed by atoms with Crippen LogP contribution in [0.1, 0.15) is 49.5 Å². The molecule has 13 heteroatoms. The fourth-order valence-corrected chi connectivity index (χ4v) is 5.63. The highest BCUT2D eigenvalue weighted by Crippen LogP contribution is 2.43. The first-order chi connectivity index (χ1) is 23.1. The molecule has 0 spiro atoms. The molecule has 1 aliphatic rings. The van der Waals surface area contributed by atoms with E-state index in [1.54, 1.807) is 55.6 Å². The first-order valence-electron chi connectivity index (χ1n) is 15.0. The number of imide groups is 1. The molecule has 4 aromatic rings. The fraction of sp³-hybridized carbons (Fsp3) is 0.200. The van der Waals surface area contributed by atoms with Gasteiger partial charge in [0.1, 0.15) is 11.4 Å². The summed E-state index contributed by atoms with van der Waals surface area (Å²) in [6, 6.07) is 19.5. The van der Waals surface area contributed by atoms with Crippen molar-refractivity contribution in [1.82, 2.24) is 4.90 Å². The van der Waals surface area contributed by atoms with Gasteiger partial charge in [-0.15, -0.1) is 0 Å². The van der Waals surface area contributed by atoms with Crippen LogP contribution in [0, 0.1) is 17.0 Å². The quantitative estimate of drug-likeness (QED) is 0.0475. The van der Waals surface area contributed by atoms with Crippen LogP contribution in [0.2, 0.25) is 0 Å². The molecule has 3 N–H and O–H groups in total. The molecule has 0 fully saturated rings. The van der Waals surface area contributed by atoms with Crippen LogP contribution in [0.15, 0.2) is 72.8 Å². The van der Waals surface area contributed by atoms with Gasteiger partial charge in [-0.25, -0.2) is 0 Å². The van der Waals surface area contributed by atoms with Gasteiger partial charge >= 0.3 is 0 Å². The number of ether oxygens (including phenoxy) is 2. The molecule has 1 heterocycles. The Kier molecular flexibility index (Phi) is 9.69. The Morgan fingerprint density at radius 2 is 1.67 bits per heavy atom. The van der Waals surface area contributed by atoms with Crippen molar-refractivity contribution in [3.63, 3.8) is 0 Å². The number of hydrogen-bond acceptors (Lipinski definition) is 9. The Labute approximate surface area is 276 Å². The average Bonchev–Trinajstić information content (AvgIpc) is 3.32. The van der Waals surface area contributed by atoms with Crippen molar-refractivity contribution >= 4 is 46.9 Å². The Balaban J connectivity index is 1.34. The van der Waals surface area contributed by atoms with Crippen LogP contribution in [0.5, 0.6) is 11.5 Å². The molecule has 13 nitrogen and oxygen atoms in total. The van der Waals surface area contributed by atoms with Crippen molar-refractivity contribution < 1.29 is 33.6 Å². The van der Waals surface area contributed by atoms with Crippen molar-refractivity contribution in [2.75, 3.05) is 43.3 Å². The smallest absolute Gasteiger partial charge is 0.292 e. The van der Waals surface area contributed by atoms with E-state index in [-0.39, 0.29) is 53.3 Å². The topological polar surface area (TPSA) is 174 Å². The maximum absolute atomic E-state index is 14.0. The number of nitro benzene ring substituents is 1. The molecule has 0 unspecified atom stereocenters. The minimum absolute atomic E-state index is 0.0514. The van der Waals surface area contributed by atoms with Gasteiger partial charge in [0.25, 0.3) is 23.4 Å². The van der Waals surface area contributed by atoms with E-state index in [1.165, 1.54) is 35.1 Å². The minimum atomic E-state index is -0.599. The molecule has 48 heavy (non-hydrogen) atoms. The van der Waals surface area contributed by atoms with Crippen LogP contribution >= 0.6 is 0 Å². The SMILES string of the molecule is COc1c(-c2cccc([N+](=O)[O-])c2N)ccc(C(=O)N(C)c2ccc(C)cc2OCCCCN2C(=O)c3ccccc3C2=O)c1NC=O. The zero-order valence-corrected chi connectivity index (χ0v) is 26.5. The van der Waals surface area contributed by atoms with E-state index in [4.69, 9.17) is 15.2 Å². The van der Waals surface area contributed by atoms with Crippen LogP contribution in [0.4, 0.5) is 22.7 Å². The van der Waals surface area contributed by atoms with Gasteiger partial charge in [-0.3, -0.25) is 34.2 Å². The standard InChI is InChI=1S/C35H33N5O8/c1-21-13-16-27(29(19-21)48-18-7-6-17-39-34(43)24-9-4-5-10-25(24)35(39)44)38(2)33(42)26-15-14-23(32(47-3)31(26)37-20-41)22-11-8-12-28(30(22)36)40(45)46/h4-5,8-16,19-20H,6-7,17-18,36H2,1-3H3,(H,37,41). The summed E-state index contributed by atoms with van der Waals surface area (Å²) < 4.78 is 11.7. The molecule has 0 saturated carbocycles. The number of carbonyl (C=O) groups excluding carboxylic acids is 4. The Hall–Kier alpha value is -6.24. The lowest BCUT2D eigenvalue weighted by Crippen LogP contribution is -2.31. The number of methoxy groups -OCH3 is 1. The van der Waals surface area contributed by atoms with Gasteiger partial charge in [0.05, 0.1) is 46.7 Å². The molecule has 0 aromatic heterocycles. The van der Waals surface area contributed by atoms with Crippen LogP contribution in [0.25, 0.3) is 11.1 Å². The lowest BCUT2D eigenvalue weighted by molar-refractivity contribution is -0.383. The van der Waals surface area contributed by atoms with Gasteiger partial charge in [-0.05, 0) is 61.7 Å². The molecule has 246 valence electrons. The first-order valence-corrected chi connectivity index (χ1v) is 15.0. The summed E-state index contributed by atoms with van der Waals surface area (Å²) in [4.78, 5) is 64.5. The van der Waals surface area contributed by atoms with E-state index in [9.17, 15) is 29.3 Å². The number of nitrogens with two attached hydrogens (primary N) is 1. The molecule has 0 aliphatic carbocycles. The predicted octanol–water partition coefficient (Wildman–Crippen LogP) is 5.46. The number of nitro groups is 1. The summed E-state index contributed by atoms with van der Waals surface area (Å²) in [6.45, 7) is 2.39. The second kappa shape index (κ2) is 14.0. The summed E-state index contributed by atoms with van der Waals surface area (Å²) in [7, 11) is 2.91. The molecule has 5 rings (SSSR count). The molecule has 4 aromatic carbocycles. The average molecular weight is 652 g/mol. The van der Waals surface area contributed by atoms with E-state index >= 15 is 0 Å². The number of rotatable bonds is 13. The van der Waals surface area contributed by atoms with E-state index in [0.717, 1.165) is 5.56 Å². The van der Waals surface area contributed by atoms with Crippen LogP contribution < -0.4 is 25.4 Å². The number of nitrogens with zero attached hydrogens (tertiary/aromatic N) is 3. The van der Waals surface area contributed by atoms with Crippen molar-refractivity contribution in [1.29, 1.82) is 0 Å². The molecule has 0 bridgehead atoms. The largest absolute Gasteiger partial charge is 0.494 e. The Morgan fingerprint density at radius 1 is 0.979 bits per heavy atom.